The summed E-state index contributed by atoms with van der Waals surface area (Å²) in [4.78, 5) is 46.7. The Bertz CT molecular complexity index is 1360. The quantitative estimate of drug-likeness (QED) is 0.182. The zero-order chi connectivity index (χ0) is 34.5. The van der Waals surface area contributed by atoms with Gasteiger partial charge in [-0.25, -0.2) is 9.78 Å². The SMILES string of the molecule is [B][C@@H]1[C@@H](C)C(=O)[C@@H](C)C(=O)O[C@H](CC)[C@@]2(C)OC(=O)N(CCCCn3cc(-c4nccs4)nn3)[C@@H]2[C@H](C)NCC[C@@H](C)C[C@@]1(C)OC. The van der Waals surface area contributed by atoms with Gasteiger partial charge < -0.3 is 19.5 Å². The van der Waals surface area contributed by atoms with Crippen molar-refractivity contribution in [2.45, 2.75) is 122 Å². The van der Waals surface area contributed by atoms with Gasteiger partial charge in [0.1, 0.15) is 28.5 Å². The summed E-state index contributed by atoms with van der Waals surface area (Å²) in [5.74, 6) is -3.02. The lowest BCUT2D eigenvalue weighted by molar-refractivity contribution is -0.170. The predicted octanol–water partition coefficient (Wildman–Crippen LogP) is 4.69. The van der Waals surface area contributed by atoms with E-state index in [4.69, 9.17) is 22.1 Å². The van der Waals surface area contributed by atoms with E-state index in [9.17, 15) is 14.4 Å². The van der Waals surface area contributed by atoms with E-state index in [0.29, 0.717) is 38.9 Å². The van der Waals surface area contributed by atoms with Gasteiger partial charge in [-0.05, 0) is 78.1 Å². The van der Waals surface area contributed by atoms with E-state index >= 15 is 0 Å². The highest BCUT2D eigenvalue weighted by molar-refractivity contribution is 7.13. The highest BCUT2D eigenvalue weighted by Gasteiger charge is 2.58. The molecular formula is C33H51BN6O6S. The van der Waals surface area contributed by atoms with Crippen LogP contribution in [0.15, 0.2) is 17.8 Å². The van der Waals surface area contributed by atoms with Crippen molar-refractivity contribution in [2.75, 3.05) is 20.2 Å². The Morgan fingerprint density at radius 3 is 2.53 bits per heavy atom. The van der Waals surface area contributed by atoms with E-state index in [1.54, 1.807) is 36.7 Å². The Kier molecular flexibility index (Phi) is 12.3. The molecule has 2 aromatic rings. The van der Waals surface area contributed by atoms with Crippen LogP contribution in [0.25, 0.3) is 10.7 Å². The lowest BCUT2D eigenvalue weighted by Gasteiger charge is -2.42. The number of fused-ring (bicyclic) bond motifs is 1. The molecule has 4 heterocycles. The van der Waals surface area contributed by atoms with E-state index in [0.717, 1.165) is 23.5 Å². The van der Waals surface area contributed by atoms with Crippen molar-refractivity contribution in [2.24, 2.45) is 17.8 Å². The third kappa shape index (κ3) is 8.08. The van der Waals surface area contributed by atoms with Crippen molar-refractivity contribution >= 4 is 37.0 Å². The molecule has 2 aliphatic rings. The third-order valence-electron chi connectivity index (χ3n) is 10.2. The lowest BCUT2D eigenvalue weighted by Crippen LogP contribution is -2.60. The van der Waals surface area contributed by atoms with Gasteiger partial charge in [0.25, 0.3) is 0 Å². The second kappa shape index (κ2) is 15.6. The molecule has 1 amide bonds. The summed E-state index contributed by atoms with van der Waals surface area (Å²) in [6.07, 6.45) is 5.74. The van der Waals surface area contributed by atoms with Gasteiger partial charge in [0.05, 0.1) is 25.7 Å². The van der Waals surface area contributed by atoms with Crippen LogP contribution in [0.3, 0.4) is 0 Å². The van der Waals surface area contributed by atoms with Crippen molar-refractivity contribution in [3.63, 3.8) is 0 Å². The highest BCUT2D eigenvalue weighted by atomic mass is 32.1. The van der Waals surface area contributed by atoms with E-state index in [2.05, 4.69) is 27.5 Å². The maximum atomic E-state index is 13.6. The lowest BCUT2D eigenvalue weighted by atomic mass is 9.62. The Labute approximate surface area is 284 Å². The fourth-order valence-corrected chi connectivity index (χ4v) is 7.86. The minimum Gasteiger partial charge on any atom is -0.458 e. The minimum absolute atomic E-state index is 0.189. The van der Waals surface area contributed by atoms with Gasteiger partial charge in [-0.15, -0.1) is 16.4 Å². The second-order valence-electron chi connectivity index (χ2n) is 13.7. The van der Waals surface area contributed by atoms with Crippen molar-refractivity contribution in [1.29, 1.82) is 0 Å². The number of methoxy groups -OCH3 is 1. The number of Topliss-reactive ketones (excluding diaryl/α,β-unsaturated/α-hetero) is 1. The molecule has 2 radical (unpaired) electrons. The smallest absolute Gasteiger partial charge is 0.410 e. The van der Waals surface area contributed by atoms with Gasteiger partial charge >= 0.3 is 12.1 Å². The molecule has 2 fully saturated rings. The van der Waals surface area contributed by atoms with Crippen LogP contribution in [-0.2, 0) is 30.3 Å². The number of ether oxygens (including phenoxy) is 3. The van der Waals surface area contributed by atoms with Crippen LogP contribution >= 0.6 is 11.3 Å². The molecule has 0 aromatic carbocycles. The first kappa shape index (κ1) is 37.0. The summed E-state index contributed by atoms with van der Waals surface area (Å²) in [5, 5.41) is 14.8. The number of hydrogen-bond donors (Lipinski definition) is 1. The number of ketones is 1. The first-order valence-electron chi connectivity index (χ1n) is 16.8. The van der Waals surface area contributed by atoms with Gasteiger partial charge in [-0.3, -0.25) is 19.2 Å². The summed E-state index contributed by atoms with van der Waals surface area (Å²) in [6.45, 7) is 14.9. The molecule has 0 spiro atoms. The molecule has 14 heteroatoms. The molecule has 2 aliphatic heterocycles. The summed E-state index contributed by atoms with van der Waals surface area (Å²) in [6, 6.07) is -0.618. The number of thiazole rings is 1. The van der Waals surface area contributed by atoms with Gasteiger partial charge in [0.2, 0.25) is 0 Å². The van der Waals surface area contributed by atoms with Gasteiger partial charge in [-0.1, -0.05) is 26.0 Å². The average Bonchev–Trinajstić information content (AvgIpc) is 3.79. The van der Waals surface area contributed by atoms with Crippen molar-refractivity contribution < 1.29 is 28.6 Å². The number of aryl methyl sites for hydroxylation is 1. The monoisotopic (exact) mass is 670 g/mol. The Hall–Kier alpha value is -2.84. The maximum absolute atomic E-state index is 13.6. The fraction of sp³-hybridized carbons (Fsp3) is 0.758. The van der Waals surface area contributed by atoms with E-state index in [1.165, 1.54) is 11.3 Å². The minimum atomic E-state index is -1.15. The van der Waals surface area contributed by atoms with Crippen LogP contribution in [0.4, 0.5) is 4.79 Å². The number of unbranched alkanes of at least 4 members (excludes halogenated alkanes) is 1. The summed E-state index contributed by atoms with van der Waals surface area (Å²) < 4.78 is 19.9. The number of aromatic nitrogens is 4. The number of cyclic esters (lactones) is 1. The summed E-state index contributed by atoms with van der Waals surface area (Å²) in [5.41, 5.74) is -1.17. The van der Waals surface area contributed by atoms with Crippen molar-refractivity contribution in [1.82, 2.24) is 30.2 Å². The molecule has 0 unspecified atom stereocenters. The van der Waals surface area contributed by atoms with Gasteiger partial charge in [0, 0.05) is 43.7 Å². The first-order chi connectivity index (χ1) is 22.3. The largest absolute Gasteiger partial charge is 0.458 e. The molecule has 47 heavy (non-hydrogen) atoms. The van der Waals surface area contributed by atoms with Gasteiger partial charge in [0.15, 0.2) is 5.60 Å². The molecule has 12 nitrogen and oxygen atoms in total. The molecular weight excluding hydrogens is 619 g/mol. The Morgan fingerprint density at radius 2 is 1.87 bits per heavy atom. The maximum Gasteiger partial charge on any atom is 0.410 e. The summed E-state index contributed by atoms with van der Waals surface area (Å²) in [7, 11) is 8.26. The number of carbonyl (C=O) groups is 3. The molecule has 9 atom stereocenters. The number of rotatable bonds is 8. The zero-order valence-electron chi connectivity index (χ0n) is 29.1. The normalized spacial score (nSPS) is 34.6. The topological polar surface area (TPSA) is 138 Å². The molecule has 0 aliphatic carbocycles. The fourth-order valence-electron chi connectivity index (χ4n) is 7.28. The molecule has 0 bridgehead atoms. The van der Waals surface area contributed by atoms with Crippen LogP contribution < -0.4 is 5.32 Å². The molecule has 258 valence electrons. The Morgan fingerprint density at radius 1 is 1.15 bits per heavy atom. The van der Waals surface area contributed by atoms with E-state index in [1.807, 2.05) is 39.3 Å². The van der Waals surface area contributed by atoms with Crippen LogP contribution in [0.2, 0.25) is 5.82 Å². The number of hydrogen-bond acceptors (Lipinski definition) is 11. The van der Waals surface area contributed by atoms with E-state index < -0.39 is 53.1 Å². The first-order valence-corrected chi connectivity index (χ1v) is 17.7. The molecule has 4 rings (SSSR count). The molecule has 0 saturated carbocycles. The zero-order valence-corrected chi connectivity index (χ0v) is 29.9. The molecule has 2 aromatic heterocycles. The van der Waals surface area contributed by atoms with Crippen LogP contribution in [0.1, 0.15) is 80.6 Å². The number of amides is 1. The molecule has 2 saturated heterocycles. The van der Waals surface area contributed by atoms with Crippen molar-refractivity contribution in [3.8, 4) is 10.7 Å². The second-order valence-corrected chi connectivity index (χ2v) is 14.6. The van der Waals surface area contributed by atoms with Gasteiger partial charge in [-0.2, -0.15) is 0 Å². The standard InChI is InChI=1S/C33H51BN6O6S/c1-9-25-33(7)28(40(31(43)46-33)16-11-10-15-39-19-24(37-38-39)29-36-14-17-47-29)23(5)35-13-12-20(2)18-32(6,44-8)27(34)21(3)26(41)22(4)30(42)45-25/h14,17,19-23,25,27-28,35H,9-13,15-16,18H2,1-8H3/t20-,21+,22-,23+,25-,27-,28-,32-,33-/m1/s1. The Balaban J connectivity index is 1.54. The summed E-state index contributed by atoms with van der Waals surface area (Å²) >= 11 is 1.51. The number of nitrogens with one attached hydrogen (secondary N) is 1. The predicted molar refractivity (Wildman–Crippen MR) is 180 cm³/mol. The average molecular weight is 671 g/mol. The van der Waals surface area contributed by atoms with Crippen LogP contribution in [0, 0.1) is 17.8 Å². The van der Waals surface area contributed by atoms with Crippen molar-refractivity contribution in [3.05, 3.63) is 17.8 Å². The third-order valence-corrected chi connectivity index (χ3v) is 11.0. The molecule has 1 N–H and O–H groups in total. The van der Waals surface area contributed by atoms with Crippen LogP contribution in [-0.4, -0.2) is 100 Å². The number of carbonyl (C=O) groups excluding carboxylic acids is 3. The van der Waals surface area contributed by atoms with E-state index in [-0.39, 0.29) is 17.7 Å². The number of nitrogens with zero attached hydrogens (tertiary/aromatic N) is 5. The highest BCUT2D eigenvalue weighted by Crippen LogP contribution is 2.40. The van der Waals surface area contributed by atoms with Crippen LogP contribution in [0.5, 0.6) is 0 Å². The number of esters is 1.